The molecule has 0 radical (unpaired) electrons. The fourth-order valence-corrected chi connectivity index (χ4v) is 1.95. The zero-order valence-corrected chi connectivity index (χ0v) is 11.1. The van der Waals surface area contributed by atoms with Gasteiger partial charge in [-0.3, -0.25) is 9.97 Å². The lowest BCUT2D eigenvalue weighted by Gasteiger charge is -2.22. The Morgan fingerprint density at radius 3 is 2.61 bits per heavy atom. The number of halogens is 1. The molecule has 2 heterocycles. The summed E-state index contributed by atoms with van der Waals surface area (Å²) in [6.07, 6.45) is 3.62. The SMILES string of the molecule is CCN(Cc1ccccn1)c1ccnc(CCl)c1. The van der Waals surface area contributed by atoms with Crippen molar-refractivity contribution < 1.29 is 0 Å². The first kappa shape index (κ1) is 12.8. The molecule has 0 amide bonds. The summed E-state index contributed by atoms with van der Waals surface area (Å²) in [5.74, 6) is 0.439. The average molecular weight is 262 g/mol. The summed E-state index contributed by atoms with van der Waals surface area (Å²) in [5.41, 5.74) is 3.09. The molecule has 0 unspecified atom stereocenters. The van der Waals surface area contributed by atoms with Crippen molar-refractivity contribution in [3.05, 3.63) is 54.1 Å². The third-order valence-electron chi connectivity index (χ3n) is 2.76. The lowest BCUT2D eigenvalue weighted by Crippen LogP contribution is -2.22. The van der Waals surface area contributed by atoms with E-state index < -0.39 is 0 Å². The quantitative estimate of drug-likeness (QED) is 0.774. The van der Waals surface area contributed by atoms with E-state index in [9.17, 15) is 0 Å². The van der Waals surface area contributed by atoms with Crippen molar-refractivity contribution in [1.82, 2.24) is 9.97 Å². The van der Waals surface area contributed by atoms with Crippen LogP contribution in [0.5, 0.6) is 0 Å². The topological polar surface area (TPSA) is 29.0 Å². The van der Waals surface area contributed by atoms with E-state index in [0.717, 1.165) is 30.2 Å². The van der Waals surface area contributed by atoms with E-state index >= 15 is 0 Å². The van der Waals surface area contributed by atoms with Gasteiger partial charge >= 0.3 is 0 Å². The van der Waals surface area contributed by atoms with Gasteiger partial charge in [-0.15, -0.1) is 11.6 Å². The highest BCUT2D eigenvalue weighted by molar-refractivity contribution is 6.16. The van der Waals surface area contributed by atoms with Crippen molar-refractivity contribution in [2.45, 2.75) is 19.3 Å². The lowest BCUT2D eigenvalue weighted by atomic mass is 10.2. The molecule has 0 saturated carbocycles. The Morgan fingerprint density at radius 2 is 1.94 bits per heavy atom. The summed E-state index contributed by atoms with van der Waals surface area (Å²) in [6, 6.07) is 10.00. The number of hydrogen-bond acceptors (Lipinski definition) is 3. The highest BCUT2D eigenvalue weighted by Crippen LogP contribution is 2.17. The van der Waals surface area contributed by atoms with E-state index in [-0.39, 0.29) is 0 Å². The highest BCUT2D eigenvalue weighted by Gasteiger charge is 2.06. The van der Waals surface area contributed by atoms with Gasteiger partial charge in [0.1, 0.15) is 0 Å². The number of nitrogens with zero attached hydrogens (tertiary/aromatic N) is 3. The average Bonchev–Trinajstić information content (AvgIpc) is 2.46. The maximum absolute atomic E-state index is 5.81. The largest absolute Gasteiger partial charge is 0.366 e. The third-order valence-corrected chi connectivity index (χ3v) is 3.04. The first-order chi connectivity index (χ1) is 8.83. The van der Waals surface area contributed by atoms with E-state index in [2.05, 4.69) is 21.8 Å². The van der Waals surface area contributed by atoms with Crippen molar-refractivity contribution >= 4 is 17.3 Å². The number of anilines is 1. The molecule has 94 valence electrons. The predicted octanol–water partition coefficient (Wildman–Crippen LogP) is 3.24. The van der Waals surface area contributed by atoms with E-state index in [1.165, 1.54) is 0 Å². The molecular weight excluding hydrogens is 246 g/mol. The van der Waals surface area contributed by atoms with Gasteiger partial charge in [0.15, 0.2) is 0 Å². The van der Waals surface area contributed by atoms with Gasteiger partial charge in [-0.2, -0.15) is 0 Å². The van der Waals surface area contributed by atoms with Crippen LogP contribution in [0.3, 0.4) is 0 Å². The van der Waals surface area contributed by atoms with Crippen LogP contribution >= 0.6 is 11.6 Å². The third kappa shape index (κ3) is 3.20. The number of hydrogen-bond donors (Lipinski definition) is 0. The minimum atomic E-state index is 0.439. The molecule has 4 heteroatoms. The maximum Gasteiger partial charge on any atom is 0.0648 e. The zero-order valence-electron chi connectivity index (χ0n) is 10.4. The second kappa shape index (κ2) is 6.36. The molecule has 0 fully saturated rings. The minimum absolute atomic E-state index is 0.439. The Labute approximate surface area is 112 Å². The molecular formula is C14H16ClN3. The number of aromatic nitrogens is 2. The van der Waals surface area contributed by atoms with Gasteiger partial charge in [0.25, 0.3) is 0 Å². The van der Waals surface area contributed by atoms with Crippen LogP contribution in [0, 0.1) is 0 Å². The number of pyridine rings is 2. The molecule has 2 aromatic rings. The normalized spacial score (nSPS) is 10.3. The van der Waals surface area contributed by atoms with E-state index in [1.54, 1.807) is 6.20 Å². The molecule has 0 bridgehead atoms. The van der Waals surface area contributed by atoms with E-state index in [4.69, 9.17) is 11.6 Å². The van der Waals surface area contributed by atoms with Gasteiger partial charge in [-0.25, -0.2) is 0 Å². The van der Waals surface area contributed by atoms with Gasteiger partial charge in [-0.05, 0) is 31.2 Å². The second-order valence-electron chi connectivity index (χ2n) is 3.97. The summed E-state index contributed by atoms with van der Waals surface area (Å²) < 4.78 is 0. The predicted molar refractivity (Wildman–Crippen MR) is 74.8 cm³/mol. The molecule has 0 aliphatic carbocycles. The van der Waals surface area contributed by atoms with Crippen molar-refractivity contribution in [2.24, 2.45) is 0 Å². The Balaban J connectivity index is 2.17. The van der Waals surface area contributed by atoms with Crippen molar-refractivity contribution in [1.29, 1.82) is 0 Å². The molecule has 2 aromatic heterocycles. The van der Waals surface area contributed by atoms with Crippen LogP contribution in [0.15, 0.2) is 42.7 Å². The standard InChI is InChI=1S/C14H16ClN3/c1-2-18(11-12-5-3-4-7-16-12)14-6-8-17-13(9-14)10-15/h3-9H,2,10-11H2,1H3. The Kier molecular flexibility index (Phi) is 4.53. The van der Waals surface area contributed by atoms with Crippen LogP contribution in [0.1, 0.15) is 18.3 Å². The first-order valence-corrected chi connectivity index (χ1v) is 6.52. The summed E-state index contributed by atoms with van der Waals surface area (Å²) in [5, 5.41) is 0. The van der Waals surface area contributed by atoms with Crippen molar-refractivity contribution in [3.8, 4) is 0 Å². The molecule has 0 atom stereocenters. The number of alkyl halides is 1. The van der Waals surface area contributed by atoms with Crippen LogP contribution in [-0.4, -0.2) is 16.5 Å². The lowest BCUT2D eigenvalue weighted by molar-refractivity contribution is 0.807. The van der Waals surface area contributed by atoms with Crippen LogP contribution in [0.25, 0.3) is 0 Å². The summed E-state index contributed by atoms with van der Waals surface area (Å²) in [7, 11) is 0. The molecule has 2 rings (SSSR count). The van der Waals surface area contributed by atoms with Gasteiger partial charge in [0.05, 0.1) is 23.8 Å². The fourth-order valence-electron chi connectivity index (χ4n) is 1.81. The number of rotatable bonds is 5. The van der Waals surface area contributed by atoms with Gasteiger partial charge in [0, 0.05) is 24.6 Å². The fraction of sp³-hybridized carbons (Fsp3) is 0.286. The Morgan fingerprint density at radius 1 is 1.11 bits per heavy atom. The molecule has 0 saturated heterocycles. The molecule has 0 aliphatic heterocycles. The van der Waals surface area contributed by atoms with E-state index in [0.29, 0.717) is 5.88 Å². The van der Waals surface area contributed by atoms with Crippen LogP contribution in [0.2, 0.25) is 0 Å². The van der Waals surface area contributed by atoms with Crippen LogP contribution < -0.4 is 4.90 Å². The summed E-state index contributed by atoms with van der Waals surface area (Å²) >= 11 is 5.81. The van der Waals surface area contributed by atoms with Crippen molar-refractivity contribution in [3.63, 3.8) is 0 Å². The zero-order chi connectivity index (χ0) is 12.8. The minimum Gasteiger partial charge on any atom is -0.366 e. The highest BCUT2D eigenvalue weighted by atomic mass is 35.5. The van der Waals surface area contributed by atoms with Gasteiger partial charge < -0.3 is 4.90 Å². The molecule has 18 heavy (non-hydrogen) atoms. The smallest absolute Gasteiger partial charge is 0.0648 e. The van der Waals surface area contributed by atoms with Crippen LogP contribution in [-0.2, 0) is 12.4 Å². The summed E-state index contributed by atoms with van der Waals surface area (Å²) in [6.45, 7) is 3.84. The van der Waals surface area contributed by atoms with Crippen molar-refractivity contribution in [2.75, 3.05) is 11.4 Å². The molecule has 0 aliphatic rings. The Hall–Kier alpha value is -1.61. The van der Waals surface area contributed by atoms with Crippen LogP contribution in [0.4, 0.5) is 5.69 Å². The van der Waals surface area contributed by atoms with Gasteiger partial charge in [-0.1, -0.05) is 6.07 Å². The molecule has 3 nitrogen and oxygen atoms in total. The first-order valence-electron chi connectivity index (χ1n) is 5.99. The molecule has 0 aromatic carbocycles. The molecule has 0 spiro atoms. The molecule has 0 N–H and O–H groups in total. The Bertz CT molecular complexity index is 487. The monoisotopic (exact) mass is 261 g/mol. The maximum atomic E-state index is 5.81. The van der Waals surface area contributed by atoms with E-state index in [1.807, 2.05) is 36.5 Å². The summed E-state index contributed by atoms with van der Waals surface area (Å²) in [4.78, 5) is 10.8. The van der Waals surface area contributed by atoms with Gasteiger partial charge in [0.2, 0.25) is 0 Å². The second-order valence-corrected chi connectivity index (χ2v) is 4.24.